The van der Waals surface area contributed by atoms with E-state index in [4.69, 9.17) is 15.4 Å². The van der Waals surface area contributed by atoms with Gasteiger partial charge in [-0.3, -0.25) is 0 Å². The predicted octanol–water partition coefficient (Wildman–Crippen LogP) is 0.0832. The van der Waals surface area contributed by atoms with E-state index in [1.54, 1.807) is 0 Å². The van der Waals surface area contributed by atoms with E-state index in [0.29, 0.717) is 52.9 Å². The number of fused-ring (bicyclic) bond motifs is 2. The van der Waals surface area contributed by atoms with Crippen molar-refractivity contribution in [1.82, 2.24) is 39.9 Å². The molecule has 0 fully saturated rings. The summed E-state index contributed by atoms with van der Waals surface area (Å²) in [6.45, 7) is 1.66. The van der Waals surface area contributed by atoms with Crippen LogP contribution in [0.4, 0.5) is 5.82 Å². The minimum absolute atomic E-state index is 0.185. The molecule has 0 radical (unpaired) electrons. The molecular formula is C15H17IN10O3S2. The molecule has 3 aromatic heterocycles. The normalized spacial score (nSPS) is 12.2. The number of nitrogens with zero attached hydrogens (tertiary/aromatic N) is 6. The van der Waals surface area contributed by atoms with Crippen LogP contribution in [0.25, 0.3) is 22.3 Å². The monoisotopic (exact) mass is 576 g/mol. The zero-order valence-electron chi connectivity index (χ0n) is 15.8. The van der Waals surface area contributed by atoms with Crippen LogP contribution in [0.3, 0.4) is 0 Å². The summed E-state index contributed by atoms with van der Waals surface area (Å²) in [7, 11) is -3.70. The van der Waals surface area contributed by atoms with Crippen LogP contribution in [0.1, 0.15) is 0 Å². The lowest BCUT2D eigenvalue weighted by molar-refractivity contribution is 0.424. The van der Waals surface area contributed by atoms with Crippen molar-refractivity contribution in [2.24, 2.45) is 5.14 Å². The summed E-state index contributed by atoms with van der Waals surface area (Å²) in [5, 5.41) is 16.3. The molecule has 0 aliphatic heterocycles. The van der Waals surface area contributed by atoms with Gasteiger partial charge in [0.05, 0.1) is 0 Å². The third kappa shape index (κ3) is 5.21. The second-order valence-corrected chi connectivity index (χ2v) is 9.84. The Morgan fingerprint density at radius 2 is 2.06 bits per heavy atom. The molecule has 4 aromatic rings. The van der Waals surface area contributed by atoms with Gasteiger partial charge in [0.2, 0.25) is 0 Å². The van der Waals surface area contributed by atoms with Crippen LogP contribution in [-0.2, 0) is 16.8 Å². The van der Waals surface area contributed by atoms with E-state index in [1.165, 1.54) is 18.1 Å². The van der Waals surface area contributed by atoms with Gasteiger partial charge in [0.15, 0.2) is 27.7 Å². The average molecular weight is 576 g/mol. The molecule has 3 heterocycles. The Kier molecular flexibility index (Phi) is 6.53. The van der Waals surface area contributed by atoms with Crippen molar-refractivity contribution in [3.05, 3.63) is 22.0 Å². The fourth-order valence-electron chi connectivity index (χ4n) is 2.77. The fourth-order valence-corrected chi connectivity index (χ4v) is 4.88. The molecule has 0 amide bonds. The second-order valence-electron chi connectivity index (χ2n) is 6.29. The molecule has 0 bridgehead atoms. The number of nitrogen functional groups attached to an aromatic ring is 1. The van der Waals surface area contributed by atoms with Crippen molar-refractivity contribution in [2.75, 3.05) is 25.4 Å². The van der Waals surface area contributed by atoms with E-state index < -0.39 is 10.2 Å². The maximum Gasteiger partial charge on any atom is 0.274 e. The van der Waals surface area contributed by atoms with Gasteiger partial charge in [-0.15, -0.1) is 5.10 Å². The van der Waals surface area contributed by atoms with E-state index in [9.17, 15) is 8.42 Å². The van der Waals surface area contributed by atoms with E-state index in [2.05, 4.69) is 58.0 Å². The van der Waals surface area contributed by atoms with Crippen LogP contribution in [-0.4, -0.2) is 57.9 Å². The third-order valence-electron chi connectivity index (χ3n) is 4.14. The quantitative estimate of drug-likeness (QED) is 0.156. The molecule has 0 aliphatic rings. The Hall–Kier alpha value is -2.12. The summed E-state index contributed by atoms with van der Waals surface area (Å²) in [4.78, 5) is 13.9. The van der Waals surface area contributed by atoms with Crippen LogP contribution in [0.2, 0.25) is 0 Å². The summed E-state index contributed by atoms with van der Waals surface area (Å²) in [5.74, 6) is 0.293. The number of imidazole rings is 1. The van der Waals surface area contributed by atoms with Crippen LogP contribution < -0.4 is 20.9 Å². The Morgan fingerprint density at radius 1 is 1.23 bits per heavy atom. The molecule has 6 N–H and O–H groups in total. The van der Waals surface area contributed by atoms with Gasteiger partial charge >= 0.3 is 0 Å². The lowest BCUT2D eigenvalue weighted by Gasteiger charge is -2.10. The van der Waals surface area contributed by atoms with Gasteiger partial charge in [-0.2, -0.15) is 8.42 Å². The highest BCUT2D eigenvalue weighted by Crippen LogP contribution is 2.35. The molecular weight excluding hydrogens is 559 g/mol. The summed E-state index contributed by atoms with van der Waals surface area (Å²) in [6.07, 6.45) is 1.39. The SMILES string of the molecule is Nc1ncnc2c1nc(Sc1cc3nnoc3cc1I)n2CCNCCNS(N)(=O)=O. The van der Waals surface area contributed by atoms with Crippen molar-refractivity contribution < 1.29 is 12.9 Å². The Bertz CT molecular complexity index is 1340. The molecule has 0 atom stereocenters. The van der Waals surface area contributed by atoms with Crippen molar-refractivity contribution in [1.29, 1.82) is 0 Å². The van der Waals surface area contributed by atoms with Crippen molar-refractivity contribution in [3.63, 3.8) is 0 Å². The summed E-state index contributed by atoms with van der Waals surface area (Å²) >= 11 is 3.66. The average Bonchev–Trinajstić information content (AvgIpc) is 3.29. The fraction of sp³-hybridized carbons (Fsp3) is 0.267. The minimum atomic E-state index is -3.70. The molecule has 0 saturated heterocycles. The minimum Gasteiger partial charge on any atom is -0.382 e. The number of halogens is 1. The van der Waals surface area contributed by atoms with Crippen LogP contribution in [0, 0.1) is 3.57 Å². The number of nitrogens with two attached hydrogens (primary N) is 2. The molecule has 4 rings (SSSR count). The zero-order chi connectivity index (χ0) is 22.0. The predicted molar refractivity (Wildman–Crippen MR) is 122 cm³/mol. The molecule has 31 heavy (non-hydrogen) atoms. The molecule has 0 spiro atoms. The lowest BCUT2D eigenvalue weighted by atomic mass is 10.3. The molecule has 16 heteroatoms. The smallest absolute Gasteiger partial charge is 0.274 e. The first-order chi connectivity index (χ1) is 14.8. The van der Waals surface area contributed by atoms with Crippen LogP contribution >= 0.6 is 34.4 Å². The topological polar surface area (TPSA) is 193 Å². The molecule has 1 aromatic carbocycles. The second kappa shape index (κ2) is 9.17. The van der Waals surface area contributed by atoms with Crippen LogP contribution in [0.5, 0.6) is 0 Å². The maximum atomic E-state index is 10.9. The molecule has 0 unspecified atom stereocenters. The molecule has 0 saturated carbocycles. The number of benzene rings is 1. The van der Waals surface area contributed by atoms with Crippen LogP contribution in [0.15, 0.2) is 33.0 Å². The Labute approximate surface area is 194 Å². The van der Waals surface area contributed by atoms with Gasteiger partial charge in [-0.05, 0) is 28.7 Å². The summed E-state index contributed by atoms with van der Waals surface area (Å²) in [5.41, 5.74) is 8.37. The molecule has 0 aliphatic carbocycles. The van der Waals surface area contributed by atoms with Gasteiger partial charge in [-0.1, -0.05) is 11.8 Å². The van der Waals surface area contributed by atoms with E-state index in [1.807, 2.05) is 16.7 Å². The first kappa shape index (κ1) is 22.1. The van der Waals surface area contributed by atoms with Crippen molar-refractivity contribution in [3.8, 4) is 0 Å². The molecule has 164 valence electrons. The first-order valence-corrected chi connectivity index (χ1v) is 12.3. The highest BCUT2D eigenvalue weighted by Gasteiger charge is 2.18. The summed E-state index contributed by atoms with van der Waals surface area (Å²) < 4.78 is 32.1. The van der Waals surface area contributed by atoms with Gasteiger partial charge in [0.1, 0.15) is 11.8 Å². The summed E-state index contributed by atoms with van der Waals surface area (Å²) in [6, 6.07) is 3.74. The van der Waals surface area contributed by atoms with E-state index in [-0.39, 0.29) is 6.54 Å². The van der Waals surface area contributed by atoms with Crippen molar-refractivity contribution >= 4 is 72.6 Å². The standard InChI is InChI=1S/C15H17IN10O3S2/c16-8-5-10-9(24-25-29-10)6-11(8)30-15-23-12-13(17)20-7-21-14(12)26(15)4-3-19-1-2-22-31(18,27)28/h5-7,19,22H,1-4H2,(H2,17,20,21)(H2,18,27,28). The van der Waals surface area contributed by atoms with E-state index in [0.717, 1.165) is 8.47 Å². The number of rotatable bonds is 9. The first-order valence-electron chi connectivity index (χ1n) is 8.86. The Morgan fingerprint density at radius 3 is 2.87 bits per heavy atom. The zero-order valence-corrected chi connectivity index (χ0v) is 19.6. The lowest BCUT2D eigenvalue weighted by Crippen LogP contribution is -2.36. The number of hydrogen-bond acceptors (Lipinski definition) is 11. The largest absolute Gasteiger partial charge is 0.382 e. The van der Waals surface area contributed by atoms with Gasteiger partial charge in [-0.25, -0.2) is 24.8 Å². The molecule has 13 nitrogen and oxygen atoms in total. The number of hydrogen-bond donors (Lipinski definition) is 4. The third-order valence-corrected chi connectivity index (χ3v) is 7.06. The number of nitrogens with one attached hydrogen (secondary N) is 2. The van der Waals surface area contributed by atoms with Gasteiger partial charge in [0.25, 0.3) is 10.2 Å². The maximum absolute atomic E-state index is 10.9. The van der Waals surface area contributed by atoms with Gasteiger partial charge in [0, 0.05) is 46.0 Å². The Balaban J connectivity index is 1.56. The number of anilines is 1. The van der Waals surface area contributed by atoms with Gasteiger partial charge < -0.3 is 20.1 Å². The van der Waals surface area contributed by atoms with Crippen molar-refractivity contribution in [2.45, 2.75) is 16.6 Å². The number of aromatic nitrogens is 6. The highest BCUT2D eigenvalue weighted by atomic mass is 127. The van der Waals surface area contributed by atoms with E-state index >= 15 is 0 Å². The highest BCUT2D eigenvalue weighted by molar-refractivity contribution is 14.1.